The molecule has 2 aromatic carbocycles. The lowest BCUT2D eigenvalue weighted by Gasteiger charge is -2.08. The highest BCUT2D eigenvalue weighted by atomic mass is 79.9. The number of rotatable bonds is 5. The van der Waals surface area contributed by atoms with E-state index in [1.54, 1.807) is 24.5 Å². The predicted molar refractivity (Wildman–Crippen MR) is 116 cm³/mol. The lowest BCUT2D eigenvalue weighted by atomic mass is 10.1. The van der Waals surface area contributed by atoms with Crippen molar-refractivity contribution in [1.29, 1.82) is 0 Å². The van der Waals surface area contributed by atoms with Crippen molar-refractivity contribution in [2.24, 2.45) is 0 Å². The van der Waals surface area contributed by atoms with E-state index in [1.165, 1.54) is 0 Å². The first kappa shape index (κ1) is 19.2. The smallest absolute Gasteiger partial charge is 0.339 e. The average molecular weight is 476 g/mol. The average Bonchev–Trinajstić information content (AvgIpc) is 3.50. The summed E-state index contributed by atoms with van der Waals surface area (Å²) in [5, 5.41) is 8.67. The maximum Gasteiger partial charge on any atom is 0.339 e. The Balaban J connectivity index is 1.39. The topological polar surface area (TPSA) is 91.2 Å². The number of nitrogens with zero attached hydrogens (tertiary/aromatic N) is 3. The standard InChI is InChI=1S/C23H14BrN3O4/c24-15-9-7-14(8-10-15)22-27-26-21(31-22)13-30-23(28)17-12-19(20-6-3-11-29-20)25-18-5-2-1-4-16(17)18/h1-12H,13H2. The summed E-state index contributed by atoms with van der Waals surface area (Å²) in [5.74, 6) is 0.606. The lowest BCUT2D eigenvalue weighted by molar-refractivity contribution is 0.0441. The molecule has 0 radical (unpaired) electrons. The summed E-state index contributed by atoms with van der Waals surface area (Å²) in [7, 11) is 0. The Hall–Kier alpha value is -3.78. The fourth-order valence-electron chi connectivity index (χ4n) is 3.12. The first-order chi connectivity index (χ1) is 15.2. The van der Waals surface area contributed by atoms with Crippen LogP contribution >= 0.6 is 15.9 Å². The van der Waals surface area contributed by atoms with E-state index in [0.29, 0.717) is 33.8 Å². The van der Waals surface area contributed by atoms with Crippen molar-refractivity contribution in [3.63, 3.8) is 0 Å². The Labute approximate surface area is 184 Å². The van der Waals surface area contributed by atoms with Gasteiger partial charge in [-0.15, -0.1) is 10.2 Å². The van der Waals surface area contributed by atoms with Crippen LogP contribution in [0.4, 0.5) is 0 Å². The molecule has 0 unspecified atom stereocenters. The van der Waals surface area contributed by atoms with E-state index in [-0.39, 0.29) is 12.5 Å². The molecule has 8 heteroatoms. The molecule has 0 amide bonds. The Bertz CT molecular complexity index is 1360. The van der Waals surface area contributed by atoms with Crippen molar-refractivity contribution in [3.05, 3.63) is 88.9 Å². The molecular weight excluding hydrogens is 462 g/mol. The third-order valence-electron chi connectivity index (χ3n) is 4.59. The van der Waals surface area contributed by atoms with E-state index in [0.717, 1.165) is 10.0 Å². The van der Waals surface area contributed by atoms with Gasteiger partial charge in [-0.25, -0.2) is 9.78 Å². The fourth-order valence-corrected chi connectivity index (χ4v) is 3.39. The van der Waals surface area contributed by atoms with E-state index in [2.05, 4.69) is 31.1 Å². The minimum Gasteiger partial charge on any atom is -0.463 e. The Morgan fingerprint density at radius 1 is 1.00 bits per heavy atom. The van der Waals surface area contributed by atoms with Crippen LogP contribution in [0.1, 0.15) is 16.2 Å². The number of halogens is 1. The second kappa shape index (κ2) is 8.16. The summed E-state index contributed by atoms with van der Waals surface area (Å²) < 4.78 is 17.5. The number of pyridine rings is 1. The molecule has 3 heterocycles. The number of fused-ring (bicyclic) bond motifs is 1. The molecule has 0 atom stereocenters. The third kappa shape index (κ3) is 3.97. The van der Waals surface area contributed by atoms with Gasteiger partial charge in [-0.05, 0) is 48.5 Å². The van der Waals surface area contributed by atoms with Gasteiger partial charge in [-0.2, -0.15) is 0 Å². The highest BCUT2D eigenvalue weighted by Gasteiger charge is 2.18. The highest BCUT2D eigenvalue weighted by molar-refractivity contribution is 9.10. The molecule has 0 aliphatic heterocycles. The molecule has 0 aliphatic carbocycles. The highest BCUT2D eigenvalue weighted by Crippen LogP contribution is 2.26. The van der Waals surface area contributed by atoms with Crippen molar-refractivity contribution in [2.45, 2.75) is 6.61 Å². The molecule has 3 aromatic heterocycles. The van der Waals surface area contributed by atoms with E-state index >= 15 is 0 Å². The van der Waals surface area contributed by atoms with Crippen LogP contribution in [-0.4, -0.2) is 21.2 Å². The van der Waals surface area contributed by atoms with Gasteiger partial charge in [0.1, 0.15) is 5.69 Å². The molecule has 31 heavy (non-hydrogen) atoms. The van der Waals surface area contributed by atoms with Gasteiger partial charge >= 0.3 is 5.97 Å². The van der Waals surface area contributed by atoms with Gasteiger partial charge in [-0.1, -0.05) is 34.1 Å². The number of hydrogen-bond donors (Lipinski definition) is 0. The zero-order valence-electron chi connectivity index (χ0n) is 16.0. The summed E-state index contributed by atoms with van der Waals surface area (Å²) in [6.45, 7) is -0.144. The molecule has 0 saturated carbocycles. The van der Waals surface area contributed by atoms with Crippen LogP contribution < -0.4 is 0 Å². The van der Waals surface area contributed by atoms with Crippen molar-refractivity contribution >= 4 is 32.8 Å². The molecular formula is C23H14BrN3O4. The number of furan rings is 1. The third-order valence-corrected chi connectivity index (χ3v) is 5.12. The molecule has 0 saturated heterocycles. The molecule has 0 N–H and O–H groups in total. The number of esters is 1. The summed E-state index contributed by atoms with van der Waals surface area (Å²) in [5.41, 5.74) is 2.37. The van der Waals surface area contributed by atoms with Crippen molar-refractivity contribution in [1.82, 2.24) is 15.2 Å². The number of ether oxygens (including phenoxy) is 1. The van der Waals surface area contributed by atoms with Crippen LogP contribution in [0.2, 0.25) is 0 Å². The molecule has 0 fully saturated rings. The Kier molecular flexibility index (Phi) is 5.05. The van der Waals surface area contributed by atoms with Gasteiger partial charge in [0.25, 0.3) is 5.89 Å². The van der Waals surface area contributed by atoms with Gasteiger partial charge in [0.05, 0.1) is 17.3 Å². The van der Waals surface area contributed by atoms with Gasteiger partial charge < -0.3 is 13.6 Å². The fraction of sp³-hybridized carbons (Fsp3) is 0.0435. The summed E-state index contributed by atoms with van der Waals surface area (Å²) in [6.07, 6.45) is 1.56. The number of benzene rings is 2. The molecule has 0 aliphatic rings. The zero-order valence-corrected chi connectivity index (χ0v) is 17.6. The Morgan fingerprint density at radius 2 is 1.84 bits per heavy atom. The van der Waals surface area contributed by atoms with Gasteiger partial charge in [-0.3, -0.25) is 0 Å². The minimum atomic E-state index is -0.519. The summed E-state index contributed by atoms with van der Waals surface area (Å²) in [4.78, 5) is 17.5. The number of carbonyl (C=O) groups excluding carboxylic acids is 1. The lowest BCUT2D eigenvalue weighted by Crippen LogP contribution is -2.07. The summed E-state index contributed by atoms with van der Waals surface area (Å²) >= 11 is 3.39. The molecule has 0 spiro atoms. The molecule has 7 nitrogen and oxygen atoms in total. The van der Waals surface area contributed by atoms with Crippen LogP contribution in [0.3, 0.4) is 0 Å². The van der Waals surface area contributed by atoms with Gasteiger partial charge in [0.15, 0.2) is 12.4 Å². The quantitative estimate of drug-likeness (QED) is 0.302. The zero-order chi connectivity index (χ0) is 21.2. The second-order valence-electron chi connectivity index (χ2n) is 6.63. The maximum absolute atomic E-state index is 12.9. The van der Waals surface area contributed by atoms with Crippen molar-refractivity contribution < 1.29 is 18.4 Å². The maximum atomic E-state index is 12.9. The SMILES string of the molecule is O=C(OCc1nnc(-c2ccc(Br)cc2)o1)c1cc(-c2ccco2)nc2ccccc12. The normalized spacial score (nSPS) is 11.0. The van der Waals surface area contributed by atoms with E-state index in [4.69, 9.17) is 13.6 Å². The first-order valence-electron chi connectivity index (χ1n) is 9.36. The second-order valence-corrected chi connectivity index (χ2v) is 7.55. The van der Waals surface area contributed by atoms with Crippen molar-refractivity contribution in [3.8, 4) is 22.9 Å². The van der Waals surface area contributed by atoms with Crippen LogP contribution in [0, 0.1) is 0 Å². The molecule has 152 valence electrons. The number of para-hydroxylation sites is 1. The van der Waals surface area contributed by atoms with Crippen LogP contribution in [0.15, 0.2) is 86.3 Å². The molecule has 5 rings (SSSR count). The van der Waals surface area contributed by atoms with Crippen LogP contribution in [0.5, 0.6) is 0 Å². The van der Waals surface area contributed by atoms with Crippen LogP contribution in [-0.2, 0) is 11.3 Å². The van der Waals surface area contributed by atoms with Crippen LogP contribution in [0.25, 0.3) is 33.8 Å². The van der Waals surface area contributed by atoms with E-state index in [1.807, 2.05) is 48.5 Å². The van der Waals surface area contributed by atoms with Gasteiger partial charge in [0.2, 0.25) is 5.89 Å². The number of hydrogen-bond acceptors (Lipinski definition) is 7. The number of aromatic nitrogens is 3. The van der Waals surface area contributed by atoms with Gasteiger partial charge in [0, 0.05) is 15.4 Å². The first-order valence-corrected chi connectivity index (χ1v) is 10.2. The minimum absolute atomic E-state index is 0.144. The predicted octanol–water partition coefficient (Wildman–Crippen LogP) is 5.66. The van der Waals surface area contributed by atoms with E-state index < -0.39 is 5.97 Å². The Morgan fingerprint density at radius 3 is 2.65 bits per heavy atom. The number of carbonyl (C=O) groups is 1. The van der Waals surface area contributed by atoms with E-state index in [9.17, 15) is 4.79 Å². The molecule has 0 bridgehead atoms. The molecule has 5 aromatic rings. The van der Waals surface area contributed by atoms with Crippen molar-refractivity contribution in [2.75, 3.05) is 0 Å². The summed E-state index contributed by atoms with van der Waals surface area (Å²) in [6, 6.07) is 20.0. The monoisotopic (exact) mass is 475 g/mol. The largest absolute Gasteiger partial charge is 0.463 e.